The van der Waals surface area contributed by atoms with Crippen molar-refractivity contribution in [1.29, 1.82) is 0 Å². The van der Waals surface area contributed by atoms with Gasteiger partial charge in [-0.3, -0.25) is 0 Å². The molecule has 0 saturated carbocycles. The monoisotopic (exact) mass is 418 g/mol. The first kappa shape index (κ1) is 18.6. The Labute approximate surface area is 160 Å². The number of rotatable bonds is 4. The van der Waals surface area contributed by atoms with Crippen molar-refractivity contribution in [3.8, 4) is 0 Å². The molecule has 1 aliphatic rings. The minimum absolute atomic E-state index is 0.0276. The molecule has 1 atom stereocenters. The molecule has 10 heteroatoms. The van der Waals surface area contributed by atoms with Gasteiger partial charge in [-0.2, -0.15) is 0 Å². The third-order valence-electron chi connectivity index (χ3n) is 3.68. The van der Waals surface area contributed by atoms with Gasteiger partial charge in [0.2, 0.25) is 10.0 Å². The molecule has 2 aromatic rings. The van der Waals surface area contributed by atoms with Gasteiger partial charge in [0.25, 0.3) is 0 Å². The lowest BCUT2D eigenvalue weighted by atomic mass is 10.2. The summed E-state index contributed by atoms with van der Waals surface area (Å²) in [4.78, 5) is 1.07. The molecular formula is C15H16Cl2N4O2S2. The van der Waals surface area contributed by atoms with Crippen molar-refractivity contribution < 1.29 is 8.42 Å². The molecule has 0 radical (unpaired) electrons. The van der Waals surface area contributed by atoms with Crippen LogP contribution in [0.4, 0.5) is 17.1 Å². The summed E-state index contributed by atoms with van der Waals surface area (Å²) < 4.78 is 24.7. The van der Waals surface area contributed by atoms with Crippen molar-refractivity contribution in [3.05, 3.63) is 41.4 Å². The molecule has 2 aromatic carbocycles. The van der Waals surface area contributed by atoms with Crippen molar-refractivity contribution in [2.45, 2.75) is 16.0 Å². The molecule has 1 heterocycles. The van der Waals surface area contributed by atoms with Crippen LogP contribution in [0.1, 0.15) is 0 Å². The maximum atomic E-state index is 11.3. The van der Waals surface area contributed by atoms with Crippen LogP contribution in [-0.2, 0) is 10.0 Å². The van der Waals surface area contributed by atoms with E-state index >= 15 is 0 Å². The number of primary sulfonamides is 1. The Morgan fingerprint density at radius 1 is 1.32 bits per heavy atom. The Bertz CT molecular complexity index is 891. The molecule has 1 aliphatic heterocycles. The van der Waals surface area contributed by atoms with Crippen LogP contribution in [0.25, 0.3) is 0 Å². The Balaban J connectivity index is 1.85. The average Bonchev–Trinajstić information content (AvgIpc) is 2.55. The number of nitrogens with zero attached hydrogens (tertiary/aromatic N) is 1. The zero-order chi connectivity index (χ0) is 18.2. The summed E-state index contributed by atoms with van der Waals surface area (Å²) in [7, 11) is -1.75. The van der Waals surface area contributed by atoms with Gasteiger partial charge in [-0.15, -0.1) is 11.6 Å². The number of sulfonamides is 1. The highest BCUT2D eigenvalue weighted by atomic mass is 35.5. The van der Waals surface area contributed by atoms with Gasteiger partial charge < -0.3 is 10.6 Å². The number of nitrogens with two attached hydrogens (primary N) is 1. The minimum Gasteiger partial charge on any atom is -0.367 e. The number of benzene rings is 2. The fourth-order valence-corrected chi connectivity index (χ4v) is 4.39. The first-order valence-electron chi connectivity index (χ1n) is 7.24. The second kappa shape index (κ2) is 7.22. The van der Waals surface area contributed by atoms with Gasteiger partial charge in [0, 0.05) is 17.6 Å². The number of fused-ring (bicyclic) bond motifs is 1. The number of hydrogen-bond acceptors (Lipinski definition) is 6. The van der Waals surface area contributed by atoms with E-state index in [1.807, 2.05) is 23.5 Å². The molecule has 0 aliphatic carbocycles. The van der Waals surface area contributed by atoms with E-state index in [1.165, 1.54) is 12.1 Å². The van der Waals surface area contributed by atoms with E-state index in [2.05, 4.69) is 10.6 Å². The number of anilines is 3. The quantitative estimate of drug-likeness (QED) is 0.518. The molecule has 6 nitrogen and oxygen atoms in total. The lowest BCUT2D eigenvalue weighted by molar-refractivity contribution is 0.476. The molecule has 1 unspecified atom stereocenters. The third kappa shape index (κ3) is 4.16. The molecule has 4 N–H and O–H groups in total. The topological polar surface area (TPSA) is 87.5 Å². The van der Waals surface area contributed by atoms with Crippen LogP contribution in [-0.4, -0.2) is 31.8 Å². The normalized spacial score (nSPS) is 17.7. The van der Waals surface area contributed by atoms with Crippen LogP contribution in [0.2, 0.25) is 5.02 Å². The zero-order valence-corrected chi connectivity index (χ0v) is 16.3. The standard InChI is InChI=1S/C15H16Cl2N4O2S2/c1-21-15(8-16)20-13-6-11(17)12(7-14(13)24-21)19-9-2-4-10(5-3-9)25(18,22)23/h2-7,15,19-20H,8H2,1H3,(H2,18,22,23). The maximum absolute atomic E-state index is 11.3. The molecule has 0 fully saturated rings. The summed E-state index contributed by atoms with van der Waals surface area (Å²) in [5.74, 6) is 0.455. The molecule has 0 spiro atoms. The summed E-state index contributed by atoms with van der Waals surface area (Å²) in [5.41, 5.74) is 2.35. The molecule has 0 bridgehead atoms. The lowest BCUT2D eigenvalue weighted by Gasteiger charge is -2.33. The summed E-state index contributed by atoms with van der Waals surface area (Å²) in [6.45, 7) is 0. The molecule has 134 valence electrons. The average molecular weight is 419 g/mol. The largest absolute Gasteiger partial charge is 0.367 e. The fraction of sp³-hybridized carbons (Fsp3) is 0.200. The first-order valence-corrected chi connectivity index (χ1v) is 10.5. The van der Waals surface area contributed by atoms with E-state index in [4.69, 9.17) is 28.3 Å². The predicted octanol–water partition coefficient (Wildman–Crippen LogP) is 3.66. The summed E-state index contributed by atoms with van der Waals surface area (Å²) in [6.07, 6.45) is 0.0276. The van der Waals surface area contributed by atoms with Crippen molar-refractivity contribution in [1.82, 2.24) is 4.31 Å². The van der Waals surface area contributed by atoms with Gasteiger partial charge in [0.1, 0.15) is 6.17 Å². The lowest BCUT2D eigenvalue weighted by Crippen LogP contribution is -2.38. The van der Waals surface area contributed by atoms with Crippen molar-refractivity contribution >= 4 is 62.2 Å². The van der Waals surface area contributed by atoms with Gasteiger partial charge >= 0.3 is 0 Å². The summed E-state index contributed by atoms with van der Waals surface area (Å²) in [5, 5.41) is 12.2. The number of hydrogen-bond donors (Lipinski definition) is 3. The molecular weight excluding hydrogens is 403 g/mol. The second-order valence-electron chi connectivity index (χ2n) is 5.47. The molecule has 0 aromatic heterocycles. The van der Waals surface area contributed by atoms with E-state index in [9.17, 15) is 8.42 Å². The SMILES string of the molecule is CN1Sc2cc(Nc3ccc(S(N)(=O)=O)cc3)c(Cl)cc2NC1CCl. The predicted molar refractivity (Wildman–Crippen MR) is 104 cm³/mol. The maximum Gasteiger partial charge on any atom is 0.238 e. The Kier molecular flexibility index (Phi) is 5.38. The van der Waals surface area contributed by atoms with Gasteiger partial charge in [0.15, 0.2) is 0 Å². The van der Waals surface area contributed by atoms with E-state index in [0.29, 0.717) is 16.6 Å². The minimum atomic E-state index is -3.71. The van der Waals surface area contributed by atoms with E-state index in [0.717, 1.165) is 16.3 Å². The molecule has 0 saturated heterocycles. The van der Waals surface area contributed by atoms with Crippen LogP contribution in [0.3, 0.4) is 0 Å². The van der Waals surface area contributed by atoms with Crippen LogP contribution < -0.4 is 15.8 Å². The second-order valence-corrected chi connectivity index (χ2v) is 8.95. The van der Waals surface area contributed by atoms with Crippen molar-refractivity contribution in [2.24, 2.45) is 5.14 Å². The van der Waals surface area contributed by atoms with Crippen molar-refractivity contribution in [3.63, 3.8) is 0 Å². The summed E-state index contributed by atoms with van der Waals surface area (Å²) in [6, 6.07) is 9.94. The van der Waals surface area contributed by atoms with Crippen molar-refractivity contribution in [2.75, 3.05) is 23.6 Å². The fourth-order valence-electron chi connectivity index (χ4n) is 2.35. The third-order valence-corrected chi connectivity index (χ3v) is 6.29. The number of halogens is 2. The first-order chi connectivity index (χ1) is 11.8. The van der Waals surface area contributed by atoms with Crippen LogP contribution in [0, 0.1) is 0 Å². The van der Waals surface area contributed by atoms with Gasteiger partial charge in [-0.05, 0) is 48.3 Å². The molecule has 0 amide bonds. The van der Waals surface area contributed by atoms with E-state index in [1.54, 1.807) is 24.1 Å². The highest BCUT2D eigenvalue weighted by Gasteiger charge is 2.24. The summed E-state index contributed by atoms with van der Waals surface area (Å²) >= 11 is 13.9. The van der Waals surface area contributed by atoms with Crippen LogP contribution in [0.15, 0.2) is 46.2 Å². The van der Waals surface area contributed by atoms with Crippen LogP contribution in [0.5, 0.6) is 0 Å². The van der Waals surface area contributed by atoms with Crippen LogP contribution >= 0.6 is 35.1 Å². The Morgan fingerprint density at radius 3 is 2.60 bits per heavy atom. The smallest absolute Gasteiger partial charge is 0.238 e. The van der Waals surface area contributed by atoms with Gasteiger partial charge in [-0.25, -0.2) is 17.9 Å². The molecule has 3 rings (SSSR count). The number of nitrogens with one attached hydrogen (secondary N) is 2. The number of alkyl halides is 1. The van der Waals surface area contributed by atoms with Gasteiger partial charge in [-0.1, -0.05) is 11.6 Å². The van der Waals surface area contributed by atoms with Gasteiger partial charge in [0.05, 0.1) is 27.2 Å². The molecule has 25 heavy (non-hydrogen) atoms. The Hall–Kier alpha value is -1.16. The van der Waals surface area contributed by atoms with E-state index < -0.39 is 10.0 Å². The van der Waals surface area contributed by atoms with E-state index in [-0.39, 0.29) is 11.1 Å². The zero-order valence-electron chi connectivity index (χ0n) is 13.2. The Morgan fingerprint density at radius 2 is 2.00 bits per heavy atom. The highest BCUT2D eigenvalue weighted by molar-refractivity contribution is 7.97. The highest BCUT2D eigenvalue weighted by Crippen LogP contribution is 2.41.